The van der Waals surface area contributed by atoms with Crippen molar-refractivity contribution in [1.82, 2.24) is 14.6 Å². The highest BCUT2D eigenvalue weighted by Gasteiger charge is 2.21. The Morgan fingerprint density at radius 1 is 1.23 bits per heavy atom. The molecule has 3 aromatic heterocycles. The topological polar surface area (TPSA) is 93.4 Å². The largest absolute Gasteiger partial charge is 0.287 e. The molecule has 9 heteroatoms. The van der Waals surface area contributed by atoms with E-state index in [4.69, 9.17) is 0 Å². The highest BCUT2D eigenvalue weighted by molar-refractivity contribution is 7.93. The third kappa shape index (κ3) is 4.24. The summed E-state index contributed by atoms with van der Waals surface area (Å²) in [6.07, 6.45) is 4.53. The lowest BCUT2D eigenvalue weighted by Crippen LogP contribution is -2.25. The Labute approximate surface area is 184 Å². The predicted octanol–water partition coefficient (Wildman–Crippen LogP) is 4.62. The lowest BCUT2D eigenvalue weighted by atomic mass is 10.1. The number of aromatic nitrogens is 3. The molecule has 0 aliphatic carbocycles. The molecule has 0 aliphatic rings. The number of hydrogen-bond donors (Lipinski definition) is 1. The quantitative estimate of drug-likeness (QED) is 0.392. The number of anilines is 1. The molecule has 1 N–H and O–H groups in total. The highest BCUT2D eigenvalue weighted by Crippen LogP contribution is 2.26. The molecule has 0 aliphatic heterocycles. The molecule has 31 heavy (non-hydrogen) atoms. The number of hydrogen-bond acceptors (Lipinski definition) is 6. The van der Waals surface area contributed by atoms with Crippen LogP contribution >= 0.6 is 11.3 Å². The zero-order valence-corrected chi connectivity index (χ0v) is 18.8. The third-order valence-electron chi connectivity index (χ3n) is 5.03. The van der Waals surface area contributed by atoms with Crippen LogP contribution in [0.1, 0.15) is 41.9 Å². The number of nitrogens with one attached hydrogen (secondary N) is 1. The molecule has 4 aromatic rings. The fraction of sp³-hybridized carbons (Fsp3) is 0.227. The molecule has 0 amide bonds. The van der Waals surface area contributed by atoms with Gasteiger partial charge in [0.2, 0.25) is 15.8 Å². The van der Waals surface area contributed by atoms with Crippen LogP contribution in [-0.2, 0) is 10.0 Å². The average Bonchev–Trinajstić information content (AvgIpc) is 3.43. The van der Waals surface area contributed by atoms with Crippen LogP contribution in [-0.4, -0.2) is 34.0 Å². The Bertz CT molecular complexity index is 1330. The summed E-state index contributed by atoms with van der Waals surface area (Å²) in [5.41, 5.74) is 2.83. The molecule has 1 atom stereocenters. The second kappa shape index (κ2) is 8.60. The minimum Gasteiger partial charge on any atom is -0.287 e. The second-order valence-corrected chi connectivity index (χ2v) is 10.3. The molecular formula is C22H22N4O3S2. The van der Waals surface area contributed by atoms with Gasteiger partial charge in [-0.2, -0.15) is 5.10 Å². The Balaban J connectivity index is 1.70. The van der Waals surface area contributed by atoms with E-state index in [1.54, 1.807) is 48.0 Å². The van der Waals surface area contributed by atoms with Crippen LogP contribution in [0.15, 0.2) is 60.2 Å². The summed E-state index contributed by atoms with van der Waals surface area (Å²) in [5.74, 6) is -0.124. The standard InChI is InChI=1S/C22H22N4O3S2/c1-3-6-15(2)31(28,29)25-17-8-4-7-16(13-17)19-10-11-23-22-18(14-24-26(19)22)21(27)20-9-5-12-30-20/h4-5,7-15,25H,3,6H2,1-2H3. The van der Waals surface area contributed by atoms with Crippen molar-refractivity contribution in [3.63, 3.8) is 0 Å². The SMILES string of the molecule is CCCC(C)S(=O)(=O)Nc1cccc(-c2ccnc3c(C(=O)c4cccs4)cnn23)c1. The van der Waals surface area contributed by atoms with E-state index in [2.05, 4.69) is 14.8 Å². The summed E-state index contributed by atoms with van der Waals surface area (Å²) in [4.78, 5) is 17.8. The number of thiophene rings is 1. The number of benzene rings is 1. The van der Waals surface area contributed by atoms with Crippen molar-refractivity contribution in [1.29, 1.82) is 0 Å². The van der Waals surface area contributed by atoms with Crippen LogP contribution in [0.3, 0.4) is 0 Å². The van der Waals surface area contributed by atoms with Gasteiger partial charge in [0, 0.05) is 17.4 Å². The minimum absolute atomic E-state index is 0.124. The van der Waals surface area contributed by atoms with Crippen LogP contribution in [0.2, 0.25) is 0 Å². The van der Waals surface area contributed by atoms with Gasteiger partial charge in [-0.25, -0.2) is 17.9 Å². The van der Waals surface area contributed by atoms with Crippen LogP contribution in [0, 0.1) is 0 Å². The number of carbonyl (C=O) groups excluding carboxylic acids is 1. The number of rotatable bonds is 8. The van der Waals surface area contributed by atoms with Gasteiger partial charge in [-0.15, -0.1) is 11.3 Å². The molecule has 3 heterocycles. The first kappa shape index (κ1) is 21.2. The third-order valence-corrected chi connectivity index (χ3v) is 7.72. The highest BCUT2D eigenvalue weighted by atomic mass is 32.2. The van der Waals surface area contributed by atoms with Crippen LogP contribution in [0.5, 0.6) is 0 Å². The number of nitrogens with zero attached hydrogens (tertiary/aromatic N) is 3. The molecule has 7 nitrogen and oxygen atoms in total. The molecule has 0 saturated heterocycles. The monoisotopic (exact) mass is 454 g/mol. The van der Waals surface area contributed by atoms with Gasteiger partial charge in [0.05, 0.1) is 27.6 Å². The summed E-state index contributed by atoms with van der Waals surface area (Å²) in [7, 11) is -3.48. The average molecular weight is 455 g/mol. The van der Waals surface area contributed by atoms with E-state index in [0.717, 1.165) is 12.0 Å². The maximum Gasteiger partial charge on any atom is 0.235 e. The van der Waals surface area contributed by atoms with Gasteiger partial charge in [-0.1, -0.05) is 31.5 Å². The Morgan fingerprint density at radius 3 is 2.81 bits per heavy atom. The summed E-state index contributed by atoms with van der Waals surface area (Å²) < 4.78 is 29.4. The molecule has 0 fully saturated rings. The molecule has 160 valence electrons. The fourth-order valence-electron chi connectivity index (χ4n) is 3.38. The maximum atomic E-state index is 12.8. The van der Waals surface area contributed by atoms with E-state index in [1.165, 1.54) is 17.5 Å². The van der Waals surface area contributed by atoms with Crippen molar-refractivity contribution in [2.24, 2.45) is 0 Å². The number of sulfonamides is 1. The zero-order valence-electron chi connectivity index (χ0n) is 17.1. The van der Waals surface area contributed by atoms with Crippen molar-refractivity contribution >= 4 is 38.5 Å². The molecule has 0 radical (unpaired) electrons. The van der Waals surface area contributed by atoms with Gasteiger partial charge in [-0.05, 0) is 43.0 Å². The summed E-state index contributed by atoms with van der Waals surface area (Å²) in [5, 5.41) is 5.75. The van der Waals surface area contributed by atoms with Gasteiger partial charge in [0.1, 0.15) is 0 Å². The number of ketones is 1. The normalized spacial score (nSPS) is 12.7. The second-order valence-electron chi connectivity index (χ2n) is 7.26. The number of fused-ring (bicyclic) bond motifs is 1. The van der Waals surface area contributed by atoms with E-state index in [1.807, 2.05) is 24.4 Å². The Morgan fingerprint density at radius 2 is 2.06 bits per heavy atom. The molecule has 0 spiro atoms. The summed E-state index contributed by atoms with van der Waals surface area (Å²) >= 11 is 1.37. The van der Waals surface area contributed by atoms with Gasteiger partial charge in [-0.3, -0.25) is 9.52 Å². The molecule has 0 saturated carbocycles. The first-order valence-corrected chi connectivity index (χ1v) is 12.4. The summed E-state index contributed by atoms with van der Waals surface area (Å²) in [6.45, 7) is 3.67. The Kier molecular flexibility index (Phi) is 5.88. The molecular weight excluding hydrogens is 432 g/mol. The molecule has 1 unspecified atom stereocenters. The van der Waals surface area contributed by atoms with Crippen molar-refractivity contribution in [3.8, 4) is 11.3 Å². The fourth-order valence-corrected chi connectivity index (χ4v) is 5.26. The van der Waals surface area contributed by atoms with E-state index in [9.17, 15) is 13.2 Å². The van der Waals surface area contributed by atoms with E-state index >= 15 is 0 Å². The number of carbonyl (C=O) groups is 1. The van der Waals surface area contributed by atoms with E-state index in [0.29, 0.717) is 33.9 Å². The first-order valence-electron chi connectivity index (χ1n) is 9.93. The Hall–Kier alpha value is -3.04. The van der Waals surface area contributed by atoms with Gasteiger partial charge in [0.15, 0.2) is 5.65 Å². The van der Waals surface area contributed by atoms with Gasteiger partial charge in [0.25, 0.3) is 0 Å². The van der Waals surface area contributed by atoms with Crippen LogP contribution in [0.4, 0.5) is 5.69 Å². The van der Waals surface area contributed by atoms with Crippen molar-refractivity contribution in [3.05, 3.63) is 70.7 Å². The lowest BCUT2D eigenvalue weighted by molar-refractivity contribution is 0.104. The van der Waals surface area contributed by atoms with Crippen molar-refractivity contribution < 1.29 is 13.2 Å². The minimum atomic E-state index is -3.48. The first-order chi connectivity index (χ1) is 14.9. The summed E-state index contributed by atoms with van der Waals surface area (Å²) in [6, 6.07) is 12.5. The van der Waals surface area contributed by atoms with Gasteiger partial charge >= 0.3 is 0 Å². The zero-order chi connectivity index (χ0) is 22.0. The molecule has 0 bridgehead atoms. The van der Waals surface area contributed by atoms with E-state index in [-0.39, 0.29) is 5.78 Å². The van der Waals surface area contributed by atoms with Crippen LogP contribution in [0.25, 0.3) is 16.9 Å². The maximum absolute atomic E-state index is 12.8. The van der Waals surface area contributed by atoms with E-state index < -0.39 is 15.3 Å². The predicted molar refractivity (Wildman–Crippen MR) is 123 cm³/mol. The van der Waals surface area contributed by atoms with Crippen molar-refractivity contribution in [2.75, 3.05) is 4.72 Å². The lowest BCUT2D eigenvalue weighted by Gasteiger charge is -2.15. The van der Waals surface area contributed by atoms with Crippen LogP contribution < -0.4 is 4.72 Å². The molecule has 1 aromatic carbocycles. The smallest absolute Gasteiger partial charge is 0.235 e. The van der Waals surface area contributed by atoms with Crippen molar-refractivity contribution in [2.45, 2.75) is 31.9 Å². The van der Waals surface area contributed by atoms with Gasteiger partial charge < -0.3 is 0 Å². The molecule has 4 rings (SSSR count).